The Balaban J connectivity index is 1.46. The first kappa shape index (κ1) is 12.3. The molecule has 2 spiro atoms. The lowest BCUT2D eigenvalue weighted by Gasteiger charge is -2.68. The van der Waals surface area contributed by atoms with E-state index in [4.69, 9.17) is 10.5 Å². The van der Waals surface area contributed by atoms with Crippen LogP contribution in [0.25, 0.3) is 0 Å². The second-order valence-corrected chi connectivity index (χ2v) is 7.86. The topological polar surface area (TPSA) is 55.6 Å². The fraction of sp³-hybridized carbons (Fsp3) is 0.929. The summed E-state index contributed by atoms with van der Waals surface area (Å²) in [7, 11) is 0. The molecule has 1 amide bonds. The minimum atomic E-state index is -0.387. The molecule has 1 heterocycles. The van der Waals surface area contributed by atoms with E-state index >= 15 is 0 Å². The third-order valence-electron chi connectivity index (χ3n) is 4.59. The Morgan fingerprint density at radius 2 is 1.78 bits per heavy atom. The zero-order chi connectivity index (χ0) is 13.2. The van der Waals surface area contributed by atoms with Gasteiger partial charge in [0.25, 0.3) is 0 Å². The highest BCUT2D eigenvalue weighted by atomic mass is 16.6. The number of hydrogen-bond donors (Lipinski definition) is 1. The molecule has 0 bridgehead atoms. The van der Waals surface area contributed by atoms with Crippen LogP contribution in [0.1, 0.15) is 46.5 Å². The number of nitrogens with two attached hydrogens (primary N) is 1. The molecule has 3 rings (SSSR count). The Morgan fingerprint density at radius 3 is 2.22 bits per heavy atom. The van der Waals surface area contributed by atoms with Crippen LogP contribution in [0.15, 0.2) is 0 Å². The average Bonchev–Trinajstić information content (AvgIpc) is 2.00. The van der Waals surface area contributed by atoms with Crippen molar-refractivity contribution in [2.75, 3.05) is 13.1 Å². The molecule has 0 radical (unpaired) electrons. The molecule has 0 aromatic rings. The molecule has 102 valence electrons. The van der Waals surface area contributed by atoms with Crippen molar-refractivity contribution < 1.29 is 9.53 Å². The Kier molecular flexibility index (Phi) is 2.32. The Hall–Kier alpha value is -0.770. The second kappa shape index (κ2) is 3.41. The predicted molar refractivity (Wildman–Crippen MR) is 69.1 cm³/mol. The monoisotopic (exact) mass is 252 g/mol. The summed E-state index contributed by atoms with van der Waals surface area (Å²) in [6, 6.07) is 0.435. The fourth-order valence-corrected chi connectivity index (χ4v) is 4.32. The largest absolute Gasteiger partial charge is 0.444 e. The quantitative estimate of drug-likeness (QED) is 0.718. The molecule has 4 heteroatoms. The molecule has 2 saturated carbocycles. The number of nitrogens with zero attached hydrogens (tertiary/aromatic N) is 1. The van der Waals surface area contributed by atoms with Gasteiger partial charge in [0.15, 0.2) is 0 Å². The van der Waals surface area contributed by atoms with Crippen LogP contribution < -0.4 is 5.73 Å². The fourth-order valence-electron chi connectivity index (χ4n) is 4.32. The van der Waals surface area contributed by atoms with Gasteiger partial charge in [-0.15, -0.1) is 0 Å². The molecule has 2 aliphatic carbocycles. The summed E-state index contributed by atoms with van der Waals surface area (Å²) in [5.41, 5.74) is 6.45. The van der Waals surface area contributed by atoms with Gasteiger partial charge in [0.05, 0.1) is 0 Å². The Morgan fingerprint density at radius 1 is 1.22 bits per heavy atom. The minimum absolute atomic E-state index is 0.153. The molecule has 1 aliphatic heterocycles. The number of rotatable bonds is 0. The zero-order valence-electron chi connectivity index (χ0n) is 11.7. The molecule has 1 saturated heterocycles. The highest BCUT2D eigenvalue weighted by Crippen LogP contribution is 2.66. The predicted octanol–water partition coefficient (Wildman–Crippen LogP) is 2.12. The lowest BCUT2D eigenvalue weighted by Crippen LogP contribution is -2.70. The smallest absolute Gasteiger partial charge is 0.410 e. The van der Waals surface area contributed by atoms with Gasteiger partial charge in [-0.25, -0.2) is 4.79 Å². The number of ether oxygens (including phenoxy) is 1. The summed E-state index contributed by atoms with van der Waals surface area (Å²) in [4.78, 5) is 13.7. The van der Waals surface area contributed by atoms with E-state index in [-0.39, 0.29) is 11.7 Å². The minimum Gasteiger partial charge on any atom is -0.444 e. The highest BCUT2D eigenvalue weighted by molar-refractivity contribution is 5.69. The molecule has 4 nitrogen and oxygen atoms in total. The number of carbonyl (C=O) groups excluding carboxylic acids is 1. The van der Waals surface area contributed by atoms with Crippen molar-refractivity contribution >= 4 is 6.09 Å². The first-order valence-corrected chi connectivity index (χ1v) is 6.95. The van der Waals surface area contributed by atoms with Crippen LogP contribution in [-0.2, 0) is 4.74 Å². The molecule has 2 N–H and O–H groups in total. The van der Waals surface area contributed by atoms with E-state index in [1.54, 1.807) is 0 Å². The van der Waals surface area contributed by atoms with Crippen LogP contribution in [0.5, 0.6) is 0 Å². The van der Waals surface area contributed by atoms with Gasteiger partial charge in [0, 0.05) is 24.5 Å². The number of likely N-dealkylation sites (tertiary alicyclic amines) is 1. The van der Waals surface area contributed by atoms with Crippen molar-refractivity contribution in [1.82, 2.24) is 4.90 Å². The van der Waals surface area contributed by atoms with Crippen molar-refractivity contribution in [3.05, 3.63) is 0 Å². The normalized spacial score (nSPS) is 28.6. The molecular formula is C14H24N2O2. The van der Waals surface area contributed by atoms with Crippen LogP contribution in [-0.4, -0.2) is 35.7 Å². The highest BCUT2D eigenvalue weighted by Gasteiger charge is 2.64. The zero-order valence-corrected chi connectivity index (χ0v) is 11.7. The Bertz CT molecular complexity index is 364. The van der Waals surface area contributed by atoms with Gasteiger partial charge in [-0.05, 0) is 51.9 Å². The third-order valence-corrected chi connectivity index (χ3v) is 4.59. The van der Waals surface area contributed by atoms with E-state index in [1.165, 1.54) is 25.7 Å². The molecule has 0 atom stereocenters. The standard InChI is InChI=1S/C14H24N2O2/c1-12(2,3)18-11(17)16-8-14(9-16)6-13(7-14)4-10(15)5-13/h10H,4-9,15H2,1-3H3. The van der Waals surface area contributed by atoms with Crippen LogP contribution >= 0.6 is 0 Å². The van der Waals surface area contributed by atoms with E-state index in [9.17, 15) is 4.79 Å². The van der Waals surface area contributed by atoms with Gasteiger partial charge in [0.2, 0.25) is 0 Å². The molecule has 0 unspecified atom stereocenters. The average molecular weight is 252 g/mol. The second-order valence-electron chi connectivity index (χ2n) is 7.86. The number of amides is 1. The van der Waals surface area contributed by atoms with Crippen LogP contribution in [0.4, 0.5) is 4.79 Å². The summed E-state index contributed by atoms with van der Waals surface area (Å²) in [6.07, 6.45) is 4.78. The maximum absolute atomic E-state index is 11.8. The summed E-state index contributed by atoms with van der Waals surface area (Å²) < 4.78 is 5.38. The first-order chi connectivity index (χ1) is 8.21. The molecule has 3 aliphatic rings. The van der Waals surface area contributed by atoms with Gasteiger partial charge in [0.1, 0.15) is 5.60 Å². The van der Waals surface area contributed by atoms with Gasteiger partial charge in [-0.2, -0.15) is 0 Å². The molecule has 3 fully saturated rings. The van der Waals surface area contributed by atoms with Crippen molar-refractivity contribution in [1.29, 1.82) is 0 Å². The van der Waals surface area contributed by atoms with Crippen LogP contribution in [0.2, 0.25) is 0 Å². The summed E-state index contributed by atoms with van der Waals surface area (Å²) in [5.74, 6) is 0. The number of carbonyl (C=O) groups is 1. The maximum atomic E-state index is 11.8. The maximum Gasteiger partial charge on any atom is 0.410 e. The Labute approximate surface area is 109 Å². The van der Waals surface area contributed by atoms with Crippen molar-refractivity contribution in [3.8, 4) is 0 Å². The van der Waals surface area contributed by atoms with Gasteiger partial charge in [-0.3, -0.25) is 0 Å². The van der Waals surface area contributed by atoms with Crippen LogP contribution in [0.3, 0.4) is 0 Å². The van der Waals surface area contributed by atoms with E-state index in [1.807, 2.05) is 25.7 Å². The lowest BCUT2D eigenvalue weighted by molar-refractivity contribution is -0.173. The summed E-state index contributed by atoms with van der Waals surface area (Å²) in [5, 5.41) is 0. The van der Waals surface area contributed by atoms with Crippen molar-refractivity contribution in [3.63, 3.8) is 0 Å². The molecule has 18 heavy (non-hydrogen) atoms. The SMILES string of the molecule is CC(C)(C)OC(=O)N1CC2(C1)CC1(CC(N)C1)C2. The molecular weight excluding hydrogens is 228 g/mol. The molecule has 0 aromatic carbocycles. The van der Waals surface area contributed by atoms with E-state index in [0.717, 1.165) is 13.1 Å². The lowest BCUT2D eigenvalue weighted by atomic mass is 9.42. The third kappa shape index (κ3) is 1.91. The van der Waals surface area contributed by atoms with Crippen LogP contribution in [0, 0.1) is 10.8 Å². The van der Waals surface area contributed by atoms with E-state index in [0.29, 0.717) is 16.9 Å². The van der Waals surface area contributed by atoms with Gasteiger partial charge < -0.3 is 15.4 Å². The first-order valence-electron chi connectivity index (χ1n) is 6.95. The van der Waals surface area contributed by atoms with Gasteiger partial charge in [-0.1, -0.05) is 0 Å². The van der Waals surface area contributed by atoms with E-state index in [2.05, 4.69) is 0 Å². The summed E-state index contributed by atoms with van der Waals surface area (Å²) >= 11 is 0. The molecule has 0 aromatic heterocycles. The van der Waals surface area contributed by atoms with Crippen molar-refractivity contribution in [2.45, 2.75) is 58.1 Å². The summed E-state index contributed by atoms with van der Waals surface area (Å²) in [6.45, 7) is 7.51. The number of hydrogen-bond acceptors (Lipinski definition) is 3. The van der Waals surface area contributed by atoms with Gasteiger partial charge >= 0.3 is 6.09 Å². The van der Waals surface area contributed by atoms with Crippen molar-refractivity contribution in [2.24, 2.45) is 16.6 Å². The van der Waals surface area contributed by atoms with E-state index < -0.39 is 0 Å².